The summed E-state index contributed by atoms with van der Waals surface area (Å²) in [5.74, 6) is -1.16. The third-order valence-electron chi connectivity index (χ3n) is 3.31. The number of carboxylic acids is 1. The molecule has 8 heteroatoms. The van der Waals surface area contributed by atoms with Gasteiger partial charge >= 0.3 is 5.97 Å². The molecule has 0 aliphatic rings. The summed E-state index contributed by atoms with van der Waals surface area (Å²) in [5, 5.41) is 8.79. The Kier molecular flexibility index (Phi) is 6.51. The summed E-state index contributed by atoms with van der Waals surface area (Å²) in [6, 6.07) is 13.0. The second kappa shape index (κ2) is 8.61. The zero-order valence-corrected chi connectivity index (χ0v) is 14.5. The minimum absolute atomic E-state index is 0.0635. The third kappa shape index (κ3) is 5.56. The van der Waals surface area contributed by atoms with Gasteiger partial charge in [0.1, 0.15) is 11.2 Å². The molecule has 3 aromatic rings. The molecule has 0 atom stereocenters. The van der Waals surface area contributed by atoms with Crippen LogP contribution in [0.2, 0.25) is 0 Å². The Labute approximate surface area is 146 Å². The molecule has 25 heavy (non-hydrogen) atoms. The molecule has 0 radical (unpaired) electrons. The number of carboxylic acid groups (broad SMARTS) is 1. The standard InChI is InChI=1S/C11H16N2O4S.C6H4O/c1-2-3-7-12-13-18(16,17)10-6-4-5-9(8-10)11(14)15;1-2-6-4-3-5(1)7-6/h4-6,8,12-13H,2-3,7H2,1H3,(H,14,15);1-4H. The Morgan fingerprint density at radius 2 is 1.76 bits per heavy atom. The molecule has 2 bridgehead atoms. The van der Waals surface area contributed by atoms with Gasteiger partial charge < -0.3 is 9.52 Å². The number of fused-ring (bicyclic) bond motifs is 2. The molecule has 3 N–H and O–H groups in total. The molecule has 0 saturated carbocycles. The molecule has 134 valence electrons. The molecule has 0 fully saturated rings. The fraction of sp³-hybridized carbons (Fsp3) is 0.235. The van der Waals surface area contributed by atoms with Gasteiger partial charge in [-0.15, -0.1) is 4.83 Å². The molecule has 0 aliphatic carbocycles. The SMILES string of the molecule is CCCCNNS(=O)(=O)c1cccc(C(=O)O)c1.c1cc2ccc1o2. The second-order valence-corrected chi connectivity index (χ2v) is 6.97. The zero-order valence-electron chi connectivity index (χ0n) is 13.7. The van der Waals surface area contributed by atoms with Crippen LogP contribution < -0.4 is 10.3 Å². The summed E-state index contributed by atoms with van der Waals surface area (Å²) < 4.78 is 28.7. The Bertz CT molecular complexity index is 859. The number of unbranched alkanes of at least 4 members (excludes halogenated alkanes) is 1. The molecule has 0 saturated heterocycles. The number of aromatic carboxylic acids is 1. The van der Waals surface area contributed by atoms with Gasteiger partial charge in [-0.25, -0.2) is 18.6 Å². The highest BCUT2D eigenvalue weighted by atomic mass is 32.2. The van der Waals surface area contributed by atoms with Crippen molar-refractivity contribution in [2.75, 3.05) is 6.54 Å². The average molecular weight is 364 g/mol. The first-order chi connectivity index (χ1) is 11.9. The number of hydrogen-bond donors (Lipinski definition) is 3. The van der Waals surface area contributed by atoms with Gasteiger partial charge in [-0.2, -0.15) is 0 Å². The number of carbonyl (C=O) groups is 1. The van der Waals surface area contributed by atoms with Gasteiger partial charge in [0, 0.05) is 6.54 Å². The normalized spacial score (nSPS) is 11.2. The topological polar surface area (TPSA) is 109 Å². The summed E-state index contributed by atoms with van der Waals surface area (Å²) in [5.41, 5.74) is 4.46. The highest BCUT2D eigenvalue weighted by molar-refractivity contribution is 7.89. The van der Waals surface area contributed by atoms with Gasteiger partial charge in [-0.3, -0.25) is 0 Å². The van der Waals surface area contributed by atoms with Crippen LogP contribution in [0.15, 0.2) is 57.8 Å². The minimum atomic E-state index is -3.72. The molecule has 0 aliphatic heterocycles. The van der Waals surface area contributed by atoms with Crippen LogP contribution >= 0.6 is 0 Å². The number of sulfonamides is 1. The van der Waals surface area contributed by atoms with E-state index < -0.39 is 16.0 Å². The van der Waals surface area contributed by atoms with Crippen molar-refractivity contribution in [1.29, 1.82) is 0 Å². The van der Waals surface area contributed by atoms with E-state index in [1.54, 1.807) is 0 Å². The van der Waals surface area contributed by atoms with E-state index in [-0.39, 0.29) is 10.5 Å². The summed E-state index contributed by atoms with van der Waals surface area (Å²) in [6.07, 6.45) is 1.79. The first-order valence-corrected chi connectivity index (χ1v) is 9.26. The molecule has 3 rings (SSSR count). The van der Waals surface area contributed by atoms with Crippen LogP contribution in [-0.4, -0.2) is 26.0 Å². The Hall–Kier alpha value is -2.42. The van der Waals surface area contributed by atoms with Crippen LogP contribution in [0.25, 0.3) is 11.2 Å². The summed E-state index contributed by atoms with van der Waals surface area (Å²) in [4.78, 5) is 12.9. The van der Waals surface area contributed by atoms with Crippen LogP contribution in [-0.2, 0) is 10.0 Å². The van der Waals surface area contributed by atoms with Gasteiger partial charge in [-0.1, -0.05) is 19.4 Å². The van der Waals surface area contributed by atoms with Gasteiger partial charge in [0.25, 0.3) is 10.0 Å². The van der Waals surface area contributed by atoms with Crippen LogP contribution in [0.4, 0.5) is 0 Å². The predicted octanol–water partition coefficient (Wildman–Crippen LogP) is 2.84. The van der Waals surface area contributed by atoms with E-state index in [9.17, 15) is 13.2 Å². The number of benzene rings is 2. The van der Waals surface area contributed by atoms with Crippen molar-refractivity contribution in [3.63, 3.8) is 0 Å². The number of furan rings is 2. The van der Waals surface area contributed by atoms with Crippen molar-refractivity contribution in [1.82, 2.24) is 10.3 Å². The van der Waals surface area contributed by atoms with E-state index in [1.165, 1.54) is 18.2 Å². The fourth-order valence-corrected chi connectivity index (χ4v) is 2.93. The number of nitrogens with one attached hydrogen (secondary N) is 2. The van der Waals surface area contributed by atoms with Crippen molar-refractivity contribution >= 4 is 27.2 Å². The first-order valence-electron chi connectivity index (χ1n) is 7.78. The molecule has 0 spiro atoms. The fourth-order valence-electron chi connectivity index (χ4n) is 1.98. The van der Waals surface area contributed by atoms with Crippen LogP contribution in [0.5, 0.6) is 0 Å². The van der Waals surface area contributed by atoms with Crippen molar-refractivity contribution in [3.8, 4) is 0 Å². The molecule has 1 aromatic carbocycles. The molecule has 0 amide bonds. The molecule has 0 unspecified atom stereocenters. The lowest BCUT2D eigenvalue weighted by Crippen LogP contribution is -2.37. The van der Waals surface area contributed by atoms with Crippen molar-refractivity contribution < 1.29 is 22.7 Å². The monoisotopic (exact) mass is 364 g/mol. The Morgan fingerprint density at radius 1 is 1.12 bits per heavy atom. The smallest absolute Gasteiger partial charge is 0.335 e. The van der Waals surface area contributed by atoms with E-state index in [4.69, 9.17) is 9.52 Å². The first kappa shape index (κ1) is 18.9. The number of rotatable bonds is 7. The van der Waals surface area contributed by atoms with E-state index >= 15 is 0 Å². The molecule has 7 nitrogen and oxygen atoms in total. The quantitative estimate of drug-likeness (QED) is 0.439. The van der Waals surface area contributed by atoms with Crippen molar-refractivity contribution in [2.45, 2.75) is 24.7 Å². The summed E-state index contributed by atoms with van der Waals surface area (Å²) in [7, 11) is -3.72. The van der Waals surface area contributed by atoms with Gasteiger partial charge in [-0.05, 0) is 48.9 Å². The number of hydrazine groups is 1. The van der Waals surface area contributed by atoms with E-state index in [0.29, 0.717) is 6.54 Å². The highest BCUT2D eigenvalue weighted by Gasteiger charge is 2.15. The maximum atomic E-state index is 11.8. The van der Waals surface area contributed by atoms with Crippen LogP contribution in [0.3, 0.4) is 0 Å². The Morgan fingerprint density at radius 3 is 2.24 bits per heavy atom. The molecular formula is C17H20N2O5S. The largest absolute Gasteiger partial charge is 0.478 e. The molecule has 2 aromatic heterocycles. The predicted molar refractivity (Wildman–Crippen MR) is 94.0 cm³/mol. The van der Waals surface area contributed by atoms with E-state index in [2.05, 4.69) is 10.3 Å². The van der Waals surface area contributed by atoms with Gasteiger partial charge in [0.2, 0.25) is 0 Å². The second-order valence-electron chi connectivity index (χ2n) is 5.29. The lowest BCUT2D eigenvalue weighted by Gasteiger charge is -2.08. The van der Waals surface area contributed by atoms with Gasteiger partial charge in [0.05, 0.1) is 10.5 Å². The lowest BCUT2D eigenvalue weighted by molar-refractivity contribution is 0.0696. The van der Waals surface area contributed by atoms with Crippen molar-refractivity contribution in [2.24, 2.45) is 0 Å². The third-order valence-corrected chi connectivity index (χ3v) is 4.60. The van der Waals surface area contributed by atoms with E-state index in [0.717, 1.165) is 30.1 Å². The molecular weight excluding hydrogens is 344 g/mol. The maximum absolute atomic E-state index is 11.8. The van der Waals surface area contributed by atoms with Crippen molar-refractivity contribution in [3.05, 3.63) is 54.1 Å². The minimum Gasteiger partial charge on any atom is -0.478 e. The zero-order chi connectivity index (χ0) is 18.3. The maximum Gasteiger partial charge on any atom is 0.335 e. The van der Waals surface area contributed by atoms with E-state index in [1.807, 2.05) is 31.2 Å². The van der Waals surface area contributed by atoms with Crippen LogP contribution in [0.1, 0.15) is 30.1 Å². The number of hydrogen-bond acceptors (Lipinski definition) is 5. The van der Waals surface area contributed by atoms with Crippen LogP contribution in [0, 0.1) is 0 Å². The average Bonchev–Trinajstić information content (AvgIpc) is 3.25. The molecule has 2 heterocycles. The lowest BCUT2D eigenvalue weighted by atomic mass is 10.2. The van der Waals surface area contributed by atoms with Gasteiger partial charge in [0.15, 0.2) is 0 Å². The Balaban J connectivity index is 0.000000261. The summed E-state index contributed by atoms with van der Waals surface area (Å²) in [6.45, 7) is 2.51. The summed E-state index contributed by atoms with van der Waals surface area (Å²) >= 11 is 0. The highest BCUT2D eigenvalue weighted by Crippen LogP contribution is 2.13.